The lowest BCUT2D eigenvalue weighted by Crippen LogP contribution is -2.49. The van der Waals surface area contributed by atoms with E-state index in [-0.39, 0.29) is 35.9 Å². The number of halogens is 2. The molecule has 0 spiro atoms. The van der Waals surface area contributed by atoms with Gasteiger partial charge in [-0.2, -0.15) is 0 Å². The predicted molar refractivity (Wildman–Crippen MR) is 112 cm³/mol. The maximum Gasteiger partial charge on any atom is 0.242 e. The van der Waals surface area contributed by atoms with Gasteiger partial charge < -0.3 is 20.1 Å². The average molecular weight is 443 g/mol. The first-order valence-electron chi connectivity index (χ1n) is 10.3. The minimum atomic E-state index is -0.905. The van der Waals surface area contributed by atoms with Crippen molar-refractivity contribution < 1.29 is 19.4 Å². The number of hydrogen-bond donors (Lipinski definition) is 2. The van der Waals surface area contributed by atoms with E-state index in [1.807, 2.05) is 0 Å². The van der Waals surface area contributed by atoms with Gasteiger partial charge in [-0.3, -0.25) is 9.59 Å². The zero-order valence-electron chi connectivity index (χ0n) is 16.4. The zero-order chi connectivity index (χ0) is 20.8. The van der Waals surface area contributed by atoms with Gasteiger partial charge in [-0.25, -0.2) is 0 Å². The Kier molecular flexibility index (Phi) is 8.04. The highest BCUT2D eigenvalue weighted by Crippen LogP contribution is 2.31. The first kappa shape index (κ1) is 22.2. The summed E-state index contributed by atoms with van der Waals surface area (Å²) >= 11 is 12.0. The summed E-state index contributed by atoms with van der Waals surface area (Å²) in [4.78, 5) is 27.2. The Morgan fingerprint density at radius 3 is 2.69 bits per heavy atom. The molecule has 2 atom stereocenters. The fourth-order valence-corrected chi connectivity index (χ4v) is 4.41. The van der Waals surface area contributed by atoms with Crippen molar-refractivity contribution in [1.29, 1.82) is 0 Å². The van der Waals surface area contributed by atoms with E-state index >= 15 is 0 Å². The maximum atomic E-state index is 12.8. The molecule has 2 fully saturated rings. The second-order valence-corrected chi connectivity index (χ2v) is 8.57. The third-order valence-corrected chi connectivity index (χ3v) is 6.45. The van der Waals surface area contributed by atoms with Crippen molar-refractivity contribution in [2.24, 2.45) is 5.92 Å². The quantitative estimate of drug-likeness (QED) is 0.677. The predicted octanol–water partition coefficient (Wildman–Crippen LogP) is 3.42. The second-order valence-electron chi connectivity index (χ2n) is 7.79. The van der Waals surface area contributed by atoms with E-state index in [9.17, 15) is 14.7 Å². The highest BCUT2D eigenvalue weighted by molar-refractivity contribution is 6.42. The van der Waals surface area contributed by atoms with Crippen LogP contribution in [0.25, 0.3) is 0 Å². The van der Waals surface area contributed by atoms with Crippen LogP contribution < -0.4 is 10.1 Å². The van der Waals surface area contributed by atoms with Crippen LogP contribution in [-0.2, 0) is 9.59 Å². The lowest BCUT2D eigenvalue weighted by Gasteiger charge is -2.30. The van der Waals surface area contributed by atoms with Gasteiger partial charge in [0.25, 0.3) is 0 Å². The number of carbonyl (C=O) groups excluding carboxylic acids is 2. The van der Waals surface area contributed by atoms with Gasteiger partial charge in [-0.05, 0) is 37.8 Å². The van der Waals surface area contributed by atoms with Crippen LogP contribution in [-0.4, -0.2) is 53.7 Å². The van der Waals surface area contributed by atoms with Gasteiger partial charge in [0.05, 0.1) is 5.02 Å². The van der Waals surface area contributed by atoms with Crippen molar-refractivity contribution in [3.63, 3.8) is 0 Å². The molecule has 2 N–H and O–H groups in total. The summed E-state index contributed by atoms with van der Waals surface area (Å²) in [5.41, 5.74) is 0. The Bertz CT molecular complexity index is 725. The third-order valence-electron chi connectivity index (χ3n) is 5.65. The largest absolute Gasteiger partial charge is 0.489 e. The van der Waals surface area contributed by atoms with Crippen molar-refractivity contribution in [2.45, 2.75) is 57.1 Å². The number of nitrogens with one attached hydrogen (secondary N) is 1. The minimum Gasteiger partial charge on any atom is -0.489 e. The SMILES string of the molecule is O=C(NCC(O)COc1cccc(Cl)c1Cl)C1CCCN1C(=O)C1CCCCC1. The first-order chi connectivity index (χ1) is 14.0. The molecule has 6 nitrogen and oxygen atoms in total. The number of ether oxygens (including phenoxy) is 1. The highest BCUT2D eigenvalue weighted by atomic mass is 35.5. The molecular formula is C21H28Cl2N2O4. The van der Waals surface area contributed by atoms with Gasteiger partial charge in [0.2, 0.25) is 11.8 Å². The molecule has 0 bridgehead atoms. The molecule has 1 aliphatic carbocycles. The van der Waals surface area contributed by atoms with Crippen LogP contribution >= 0.6 is 23.2 Å². The normalized spacial score (nSPS) is 21.1. The van der Waals surface area contributed by atoms with Crippen molar-refractivity contribution in [3.05, 3.63) is 28.2 Å². The van der Waals surface area contributed by atoms with Crippen LogP contribution in [0.5, 0.6) is 5.75 Å². The first-order valence-corrected chi connectivity index (χ1v) is 11.1. The summed E-state index contributed by atoms with van der Waals surface area (Å²) in [6.07, 6.45) is 5.79. The number of aliphatic hydroxyl groups is 1. The van der Waals surface area contributed by atoms with E-state index in [2.05, 4.69) is 5.32 Å². The standard InChI is InChI=1S/C21H28Cl2N2O4/c22-16-8-4-10-18(19(16)23)29-13-15(26)12-24-20(27)17-9-5-11-25(17)21(28)14-6-2-1-3-7-14/h4,8,10,14-15,17,26H,1-3,5-7,9,11-13H2,(H,24,27). The monoisotopic (exact) mass is 442 g/mol. The van der Waals surface area contributed by atoms with Gasteiger partial charge >= 0.3 is 0 Å². The summed E-state index contributed by atoms with van der Waals surface area (Å²) in [5, 5.41) is 13.6. The molecule has 2 amide bonds. The van der Waals surface area contributed by atoms with E-state index in [1.165, 1.54) is 6.42 Å². The summed E-state index contributed by atoms with van der Waals surface area (Å²) in [6.45, 7) is 0.640. The van der Waals surface area contributed by atoms with E-state index in [4.69, 9.17) is 27.9 Å². The zero-order valence-corrected chi connectivity index (χ0v) is 17.9. The Hall–Kier alpha value is -1.50. The molecule has 1 aromatic rings. The van der Waals surface area contributed by atoms with Crippen LogP contribution in [0.2, 0.25) is 10.0 Å². The van der Waals surface area contributed by atoms with Gasteiger partial charge in [0.15, 0.2) is 0 Å². The van der Waals surface area contributed by atoms with E-state index < -0.39 is 12.1 Å². The second kappa shape index (κ2) is 10.5. The number of carbonyl (C=O) groups is 2. The number of aliphatic hydroxyl groups excluding tert-OH is 1. The van der Waals surface area contributed by atoms with Gasteiger partial charge in [0, 0.05) is 19.0 Å². The van der Waals surface area contributed by atoms with Crippen LogP contribution in [0.3, 0.4) is 0 Å². The number of nitrogens with zero attached hydrogens (tertiary/aromatic N) is 1. The molecule has 160 valence electrons. The van der Waals surface area contributed by atoms with Gasteiger partial charge in [0.1, 0.15) is 29.5 Å². The number of hydrogen-bond acceptors (Lipinski definition) is 4. The van der Waals surface area contributed by atoms with Crippen molar-refractivity contribution in [3.8, 4) is 5.75 Å². The molecule has 1 aliphatic heterocycles. The molecular weight excluding hydrogens is 415 g/mol. The van der Waals surface area contributed by atoms with Crippen LogP contribution in [0.15, 0.2) is 18.2 Å². The van der Waals surface area contributed by atoms with Crippen molar-refractivity contribution in [2.75, 3.05) is 19.7 Å². The molecule has 2 unspecified atom stereocenters. The number of amides is 2. The Morgan fingerprint density at radius 2 is 1.93 bits per heavy atom. The molecule has 29 heavy (non-hydrogen) atoms. The molecule has 0 radical (unpaired) electrons. The molecule has 1 saturated carbocycles. The van der Waals surface area contributed by atoms with Crippen molar-refractivity contribution >= 4 is 35.0 Å². The molecule has 1 heterocycles. The van der Waals surface area contributed by atoms with Gasteiger partial charge in [-0.15, -0.1) is 0 Å². The Labute approximate surface area is 181 Å². The fourth-order valence-electron chi connectivity index (χ4n) is 4.06. The Balaban J connectivity index is 1.46. The summed E-state index contributed by atoms with van der Waals surface area (Å²) in [6, 6.07) is 4.57. The maximum absolute atomic E-state index is 12.8. The molecule has 3 rings (SSSR count). The Morgan fingerprint density at radius 1 is 1.17 bits per heavy atom. The fraction of sp³-hybridized carbons (Fsp3) is 0.619. The van der Waals surface area contributed by atoms with Crippen LogP contribution in [0, 0.1) is 5.92 Å². The summed E-state index contributed by atoms with van der Waals surface area (Å²) < 4.78 is 5.49. The highest BCUT2D eigenvalue weighted by Gasteiger charge is 2.37. The van der Waals surface area contributed by atoms with E-state index in [1.54, 1.807) is 23.1 Å². The topological polar surface area (TPSA) is 78.9 Å². The summed E-state index contributed by atoms with van der Waals surface area (Å²) in [7, 11) is 0. The molecule has 1 aromatic carbocycles. The third kappa shape index (κ3) is 5.77. The van der Waals surface area contributed by atoms with E-state index in [0.717, 1.165) is 32.1 Å². The van der Waals surface area contributed by atoms with E-state index in [0.29, 0.717) is 23.7 Å². The molecule has 1 saturated heterocycles. The number of rotatable bonds is 7. The average Bonchev–Trinajstić information content (AvgIpc) is 3.23. The molecule has 8 heteroatoms. The van der Waals surface area contributed by atoms with Gasteiger partial charge in [-0.1, -0.05) is 48.5 Å². The van der Waals surface area contributed by atoms with Crippen LogP contribution in [0.4, 0.5) is 0 Å². The van der Waals surface area contributed by atoms with Crippen molar-refractivity contribution in [1.82, 2.24) is 10.2 Å². The lowest BCUT2D eigenvalue weighted by molar-refractivity contribution is -0.142. The summed E-state index contributed by atoms with van der Waals surface area (Å²) in [5.74, 6) is 0.330. The lowest BCUT2D eigenvalue weighted by atomic mass is 9.88. The molecule has 0 aromatic heterocycles. The van der Waals surface area contributed by atoms with Crippen LogP contribution in [0.1, 0.15) is 44.9 Å². The number of benzene rings is 1. The smallest absolute Gasteiger partial charge is 0.242 e. The number of likely N-dealkylation sites (tertiary alicyclic amines) is 1. The minimum absolute atomic E-state index is 0.0320. The molecule has 2 aliphatic rings.